The summed E-state index contributed by atoms with van der Waals surface area (Å²) in [7, 11) is -0.933. The number of carbonyl (C=O) groups is 1. The van der Waals surface area contributed by atoms with Crippen LogP contribution in [-0.2, 0) is 9.30 Å². The molecule has 2 aliphatic heterocycles. The fourth-order valence-corrected chi connectivity index (χ4v) is 7.30. The Balaban J connectivity index is 1.22. The van der Waals surface area contributed by atoms with Crippen LogP contribution in [0, 0.1) is 0 Å². The average Bonchev–Trinajstić information content (AvgIpc) is 3.02. The molecule has 47 heavy (non-hydrogen) atoms. The van der Waals surface area contributed by atoms with E-state index in [-0.39, 0.29) is 6.09 Å². The van der Waals surface area contributed by atoms with E-state index in [0.717, 1.165) is 44.7 Å². The Kier molecular flexibility index (Phi) is 10.4. The minimum absolute atomic E-state index is 0.235. The zero-order chi connectivity index (χ0) is 33.9. The fraction of sp³-hybridized carbons (Fsp3) is 0.485. The molecule has 5 rings (SSSR count). The van der Waals surface area contributed by atoms with Gasteiger partial charge in [0.25, 0.3) is 0 Å². The Morgan fingerprint density at radius 2 is 1.70 bits per heavy atom. The lowest BCUT2D eigenvalue weighted by atomic mass is 10.0. The minimum atomic E-state index is -2.55. The van der Waals surface area contributed by atoms with Crippen LogP contribution >= 0.6 is 18.7 Å². The number of rotatable bonds is 8. The third-order valence-electron chi connectivity index (χ3n) is 8.36. The van der Waals surface area contributed by atoms with E-state index >= 15 is 0 Å². The number of methoxy groups -OCH3 is 1. The van der Waals surface area contributed by atoms with Crippen molar-refractivity contribution < 1.29 is 18.8 Å². The molecule has 0 spiro atoms. The van der Waals surface area contributed by atoms with E-state index in [1.54, 1.807) is 20.4 Å². The molecule has 0 radical (unpaired) electrons. The summed E-state index contributed by atoms with van der Waals surface area (Å²) in [6, 6.07) is 11.6. The number of anilines is 6. The molecular formula is C33H46ClN8O4P. The maximum absolute atomic E-state index is 12.9. The van der Waals surface area contributed by atoms with E-state index in [4.69, 9.17) is 26.8 Å². The first-order valence-electron chi connectivity index (χ1n) is 15.9. The number of piperazine rings is 1. The van der Waals surface area contributed by atoms with Crippen molar-refractivity contribution in [3.05, 3.63) is 47.6 Å². The number of nitrogens with two attached hydrogens (primary N) is 1. The van der Waals surface area contributed by atoms with Gasteiger partial charge in [-0.15, -0.1) is 0 Å². The largest absolute Gasteiger partial charge is 0.494 e. The van der Waals surface area contributed by atoms with E-state index in [1.807, 2.05) is 62.1 Å². The molecule has 2 aliphatic rings. The topological polar surface area (TPSA) is 138 Å². The van der Waals surface area contributed by atoms with Gasteiger partial charge in [-0.3, -0.25) is 4.90 Å². The molecule has 1 amide bonds. The van der Waals surface area contributed by atoms with Crippen LogP contribution in [-0.4, -0.2) is 97.2 Å². The molecule has 0 atom stereocenters. The van der Waals surface area contributed by atoms with Gasteiger partial charge in [0, 0.05) is 56.7 Å². The van der Waals surface area contributed by atoms with E-state index in [1.165, 1.54) is 6.20 Å². The van der Waals surface area contributed by atoms with Gasteiger partial charge in [-0.2, -0.15) is 4.98 Å². The highest BCUT2D eigenvalue weighted by molar-refractivity contribution is 7.70. The van der Waals surface area contributed by atoms with Gasteiger partial charge in [-0.25, -0.2) is 9.78 Å². The number of carbonyl (C=O) groups excluding carboxylic acids is 1. The highest BCUT2D eigenvalue weighted by Crippen LogP contribution is 2.40. The first-order chi connectivity index (χ1) is 22.2. The molecule has 0 unspecified atom stereocenters. The summed E-state index contributed by atoms with van der Waals surface area (Å²) >= 11 is 6.45. The number of nitrogens with zero attached hydrogens (tertiary/aromatic N) is 5. The number of hydrogen-bond donors (Lipinski definition) is 3. The van der Waals surface area contributed by atoms with Gasteiger partial charge < -0.3 is 40.2 Å². The lowest BCUT2D eigenvalue weighted by Gasteiger charge is -2.43. The van der Waals surface area contributed by atoms with Crippen molar-refractivity contribution in [3.63, 3.8) is 0 Å². The van der Waals surface area contributed by atoms with Crippen molar-refractivity contribution in [3.8, 4) is 5.75 Å². The number of ether oxygens (including phenoxy) is 2. The first-order valence-corrected chi connectivity index (χ1v) is 18.9. The summed E-state index contributed by atoms with van der Waals surface area (Å²) in [5, 5.41) is 7.48. The number of hydrogen-bond acceptors (Lipinski definition) is 11. The van der Waals surface area contributed by atoms with Gasteiger partial charge in [0.1, 0.15) is 23.5 Å². The van der Waals surface area contributed by atoms with Gasteiger partial charge in [-0.1, -0.05) is 23.7 Å². The van der Waals surface area contributed by atoms with Crippen LogP contribution < -0.4 is 31.3 Å². The van der Waals surface area contributed by atoms with Crippen molar-refractivity contribution in [2.24, 2.45) is 0 Å². The third-order valence-corrected chi connectivity index (χ3v) is 10.2. The van der Waals surface area contributed by atoms with Crippen molar-refractivity contribution in [2.75, 3.05) is 81.0 Å². The van der Waals surface area contributed by atoms with Crippen LogP contribution in [0.5, 0.6) is 5.75 Å². The van der Waals surface area contributed by atoms with Gasteiger partial charge in [-0.05, 0) is 65.1 Å². The normalized spacial score (nSPS) is 16.6. The second kappa shape index (κ2) is 14.2. The average molecular weight is 685 g/mol. The number of benzene rings is 2. The maximum atomic E-state index is 12.9. The molecule has 1 aromatic heterocycles. The predicted octanol–water partition coefficient (Wildman–Crippen LogP) is 5.98. The second-order valence-electron chi connectivity index (χ2n) is 13.3. The summed E-state index contributed by atoms with van der Waals surface area (Å²) in [5.41, 5.74) is 8.94. The molecule has 254 valence electrons. The molecule has 0 aliphatic carbocycles. The zero-order valence-corrected chi connectivity index (χ0v) is 29.7. The van der Waals surface area contributed by atoms with Gasteiger partial charge in [0.15, 0.2) is 5.82 Å². The molecule has 3 heterocycles. The highest BCUT2D eigenvalue weighted by Gasteiger charge is 2.31. The molecule has 4 N–H and O–H groups in total. The quantitative estimate of drug-likeness (QED) is 0.191. The molecule has 3 aromatic rings. The van der Waals surface area contributed by atoms with Crippen LogP contribution in [0.3, 0.4) is 0 Å². The van der Waals surface area contributed by atoms with E-state index in [9.17, 15) is 9.36 Å². The van der Waals surface area contributed by atoms with Crippen LogP contribution in [0.1, 0.15) is 33.6 Å². The predicted molar refractivity (Wildman–Crippen MR) is 191 cm³/mol. The Labute approximate surface area is 282 Å². The molecule has 0 saturated carbocycles. The Hall–Kier alpha value is -3.73. The van der Waals surface area contributed by atoms with Crippen LogP contribution in [0.15, 0.2) is 42.6 Å². The van der Waals surface area contributed by atoms with Crippen LogP contribution in [0.2, 0.25) is 5.02 Å². The first kappa shape index (κ1) is 34.6. The van der Waals surface area contributed by atoms with Crippen LogP contribution in [0.25, 0.3) is 0 Å². The van der Waals surface area contributed by atoms with Gasteiger partial charge in [0.05, 0.1) is 36.1 Å². The van der Waals surface area contributed by atoms with E-state index < -0.39 is 12.7 Å². The van der Waals surface area contributed by atoms with Gasteiger partial charge >= 0.3 is 6.09 Å². The lowest BCUT2D eigenvalue weighted by Crippen LogP contribution is -2.55. The lowest BCUT2D eigenvalue weighted by molar-refractivity contribution is 0.00902. The number of para-hydroxylation sites is 1. The SMILES string of the molecule is COc1cc(N2CCC(N3CCN(C(=O)OC(C)(C)C)CC3)CC2)c(N)cc1Nc1ncc(Cl)c(Nc2ccccc2P(C)(C)=O)n1. The maximum Gasteiger partial charge on any atom is 0.410 e. The summed E-state index contributed by atoms with van der Waals surface area (Å²) in [4.78, 5) is 28.0. The molecular weight excluding hydrogens is 639 g/mol. The molecule has 12 nitrogen and oxygen atoms in total. The standard InChI is InChI=1S/C33H46ClN8O4P/c1-33(2,3)46-32(43)42-17-15-40(16-18-42)22-11-13-41(14-12-22)27-20-28(45-4)26(19-24(27)35)38-31-36-21-23(34)30(39-31)37-25-9-7-8-10-29(25)47(5,6)44/h7-10,19-22H,11-18,35H2,1-6H3,(H2,36,37,38,39). The van der Waals surface area contributed by atoms with Crippen LogP contribution in [0.4, 0.5) is 39.3 Å². The Morgan fingerprint density at radius 1 is 1.02 bits per heavy atom. The van der Waals surface area contributed by atoms with Crippen molar-refractivity contribution in [2.45, 2.75) is 45.3 Å². The molecule has 2 fully saturated rings. The monoisotopic (exact) mass is 684 g/mol. The van der Waals surface area contributed by atoms with Crippen molar-refractivity contribution >= 4 is 64.7 Å². The van der Waals surface area contributed by atoms with E-state index in [2.05, 4.69) is 30.4 Å². The summed E-state index contributed by atoms with van der Waals surface area (Å²) in [6.07, 6.45) is 3.26. The third kappa shape index (κ3) is 8.60. The molecule has 0 bridgehead atoms. The zero-order valence-electron chi connectivity index (χ0n) is 28.0. The van der Waals surface area contributed by atoms with E-state index in [0.29, 0.717) is 64.0 Å². The molecule has 14 heteroatoms. The number of aromatic nitrogens is 2. The minimum Gasteiger partial charge on any atom is -0.494 e. The Bertz CT molecular complexity index is 1630. The summed E-state index contributed by atoms with van der Waals surface area (Å²) < 4.78 is 24.2. The summed E-state index contributed by atoms with van der Waals surface area (Å²) in [5.74, 6) is 1.28. The molecule has 2 aromatic carbocycles. The highest BCUT2D eigenvalue weighted by atomic mass is 35.5. The fourth-order valence-electron chi connectivity index (χ4n) is 6.01. The number of nitrogens with one attached hydrogen (secondary N) is 2. The van der Waals surface area contributed by atoms with Crippen molar-refractivity contribution in [1.29, 1.82) is 0 Å². The number of piperidine rings is 1. The molecule has 2 saturated heterocycles. The smallest absolute Gasteiger partial charge is 0.410 e. The number of nitrogen functional groups attached to an aromatic ring is 1. The van der Waals surface area contributed by atoms with Crippen molar-refractivity contribution in [1.82, 2.24) is 19.8 Å². The number of amides is 1. The number of halogens is 1. The Morgan fingerprint density at radius 3 is 2.34 bits per heavy atom. The van der Waals surface area contributed by atoms with Gasteiger partial charge in [0.2, 0.25) is 5.95 Å². The summed E-state index contributed by atoms with van der Waals surface area (Å²) in [6.45, 7) is 13.9. The second-order valence-corrected chi connectivity index (χ2v) is 16.9.